The molecular formula is C96H128N16O8. The molecule has 640 valence electrons. The van der Waals surface area contributed by atoms with Gasteiger partial charge in [0.25, 0.3) is 0 Å². The van der Waals surface area contributed by atoms with Gasteiger partial charge in [0.15, 0.2) is 0 Å². The Morgan fingerprint density at radius 2 is 0.383 bits per heavy atom. The summed E-state index contributed by atoms with van der Waals surface area (Å²) < 4.78 is 275. The number of nitrogens with zero attached hydrogens (tertiary/aromatic N) is 8. The lowest BCUT2D eigenvalue weighted by Crippen LogP contribution is -2.14. The highest BCUT2D eigenvalue weighted by Gasteiger charge is 2.16. The zero-order valence-electron chi connectivity index (χ0n) is 104. The Morgan fingerprint density at radius 1 is 0.217 bits per heavy atom. The number of aryl methyl sites for hydroxylation is 6. The lowest BCUT2D eigenvalue weighted by molar-refractivity contribution is 0.414. The molecule has 24 nitrogen and oxygen atoms in total. The van der Waals surface area contributed by atoms with Crippen molar-refractivity contribution in [3.8, 4) is 46.0 Å². The number of hydrogen-bond donors (Lipinski definition) is 16. The van der Waals surface area contributed by atoms with E-state index in [0.29, 0.717) is 96.0 Å². The molecule has 0 atom stereocenters. The van der Waals surface area contributed by atoms with Crippen LogP contribution in [0, 0.1) is 0 Å². The molecule has 0 saturated carbocycles. The van der Waals surface area contributed by atoms with Crippen molar-refractivity contribution < 1.29 is 90.2 Å². The maximum atomic E-state index is 9.93. The second-order valence-corrected chi connectivity index (χ2v) is 27.9. The summed E-state index contributed by atoms with van der Waals surface area (Å²) >= 11 is 0. The maximum absolute atomic E-state index is 9.93. The van der Waals surface area contributed by atoms with Crippen LogP contribution < -0.4 is 0 Å². The van der Waals surface area contributed by atoms with Gasteiger partial charge in [0.05, 0.1) is 0 Å². The van der Waals surface area contributed by atoms with E-state index in [1.807, 2.05) is 30.6 Å². The molecule has 8 aromatic heterocycles. The van der Waals surface area contributed by atoms with Gasteiger partial charge in [0, 0.05) is 238 Å². The summed E-state index contributed by atoms with van der Waals surface area (Å²) in [6, 6.07) is 39.6. The van der Waals surface area contributed by atoms with E-state index in [1.165, 1.54) is 96.7 Å². The first-order valence-corrected chi connectivity index (χ1v) is 37.5. The van der Waals surface area contributed by atoms with E-state index in [9.17, 15) is 40.9 Å². The SMILES string of the molecule is [2H]C([2H])(Cc1c[nH]c2cccc(O)c12)N(C)C.[2H]C([2H])([2H])N(C)C([2H])([2H])C([2H])([2H])c1c[nH]c2cccc(O)c12.[2H]C([2H])([2H])N(C)C([2H])([2H])C([2H])([2H])c1c[nH]c2cccc(O)c12.[2H]C([2H])([2H])N(C)C([2H])([2H])Cc1c[nH]c2cccc(O)c12.[2H]C([2H])([2H])N(C)C([2H])([2H])Cc1c[nH]c2cccc(O)c12.[2H]C([2H])([2H])N(C)CCc1c[nH]c2cccc(O)c12.[2H]C([2H])([2H])N(C)CCc1c[nH]c2cccc(O)c12.[2H]C([2H])(c1c[nH]c2cccc(O)c12)C([2H])([2H])N(C)C. The number of benzene rings is 8. The van der Waals surface area contributed by atoms with Crippen molar-refractivity contribution in [2.75, 3.05) is 164 Å². The predicted molar refractivity (Wildman–Crippen MR) is 498 cm³/mol. The number of rotatable bonds is 24. The minimum Gasteiger partial charge on any atom is -0.507 e. The topological polar surface area (TPSA) is 314 Å². The molecule has 0 radical (unpaired) electrons. The lowest BCUT2D eigenvalue weighted by atomic mass is 10.1. The van der Waals surface area contributed by atoms with E-state index >= 15 is 0 Å². The van der Waals surface area contributed by atoms with Crippen molar-refractivity contribution in [1.82, 2.24) is 79.1 Å². The average Bonchev–Trinajstić information content (AvgIpc) is 1.64. The fraction of sp³-hybridized carbons (Fsp3) is 0.333. The van der Waals surface area contributed by atoms with E-state index in [0.717, 1.165) is 67.9 Å². The molecule has 0 aliphatic heterocycles. The van der Waals surface area contributed by atoms with Gasteiger partial charge in [-0.15, -0.1) is 0 Å². The summed E-state index contributed by atoms with van der Waals surface area (Å²) in [5.41, 5.74) is 8.94. The Bertz CT molecular complexity index is 7130. The first kappa shape index (κ1) is 53.6. The van der Waals surface area contributed by atoms with Crippen molar-refractivity contribution in [3.05, 3.63) is 240 Å². The number of fused-ring (bicyclic) bond motifs is 8. The molecule has 0 fully saturated rings. The van der Waals surface area contributed by atoms with Crippen molar-refractivity contribution in [3.63, 3.8) is 0 Å². The van der Waals surface area contributed by atoms with Crippen molar-refractivity contribution in [1.29, 1.82) is 0 Å². The van der Waals surface area contributed by atoms with Gasteiger partial charge in [-0.1, -0.05) is 48.5 Å². The lowest BCUT2D eigenvalue weighted by Gasteiger charge is -2.08. The van der Waals surface area contributed by atoms with E-state index in [4.69, 9.17) is 49.3 Å². The summed E-state index contributed by atoms with van der Waals surface area (Å²) in [6.07, 6.45) is 5.96. The first-order chi connectivity index (χ1) is 71.5. The summed E-state index contributed by atoms with van der Waals surface area (Å²) in [7, 11) is 14.0. The zero-order valence-corrected chi connectivity index (χ0v) is 68.1. The molecule has 24 heteroatoms. The van der Waals surface area contributed by atoms with E-state index in [-0.39, 0.29) is 92.7 Å². The van der Waals surface area contributed by atoms with Crippen LogP contribution >= 0.6 is 0 Å². The summed E-state index contributed by atoms with van der Waals surface area (Å²) in [6.45, 7) is -27.3. The number of aromatic nitrogens is 8. The standard InChI is InChI=1S/8C12H16N2O/c8*1-14(2)7-6-9-8-13-10-4-3-5-11(15)12(9)10/h8*3-5,8,13,15H,6-7H2,1-2H3/i2*1D3,6D2,7D2;6D2,7D2;2*1D3,7D2;7D2;2*1D3. The number of phenolic OH excluding ortho intramolecular Hbond substituents is 8. The molecule has 8 aromatic carbocycles. The van der Waals surface area contributed by atoms with Crippen LogP contribution in [0.5, 0.6) is 46.0 Å². The Balaban J connectivity index is 0.000000197. The molecule has 16 rings (SSSR count). The number of H-pyrrole nitrogens is 8. The molecule has 0 spiro atoms. The Labute approximate surface area is 756 Å². The summed E-state index contributed by atoms with van der Waals surface area (Å²) in [5.74, 6) is 0.258. The third-order valence-corrected chi connectivity index (χ3v) is 18.0. The first-order valence-electron chi connectivity index (χ1n) is 55.5. The van der Waals surface area contributed by atoms with E-state index < -0.39 is 100.0 Å². The predicted octanol–water partition coefficient (Wildman–Crippen LogP) is 15.8. The Hall–Kier alpha value is -11.8. The van der Waals surface area contributed by atoms with Crippen LogP contribution in [0.1, 0.15) is 93.9 Å². The van der Waals surface area contributed by atoms with Crippen LogP contribution in [0.3, 0.4) is 0 Å². The zero-order chi connectivity index (χ0) is 118. The quantitative estimate of drug-likeness (QED) is 0.0267. The number of phenols is 8. The molecule has 16 aromatic rings. The Kier molecular flexibility index (Phi) is 20.0. The van der Waals surface area contributed by atoms with Crippen LogP contribution in [0.2, 0.25) is 0 Å². The second kappa shape index (κ2) is 44.8. The third-order valence-electron chi connectivity index (χ3n) is 18.0. The van der Waals surface area contributed by atoms with Crippen LogP contribution in [0.4, 0.5) is 0 Å². The number of nitrogens with one attached hydrogen (secondary N) is 8. The highest BCUT2D eigenvalue weighted by Crippen LogP contribution is 2.35. The minimum atomic E-state index is -2.82. The van der Waals surface area contributed by atoms with Crippen LogP contribution in [0.25, 0.3) is 87.2 Å². The average molecular weight is 1670 g/mol. The molecule has 0 aliphatic carbocycles. The molecule has 8 heterocycles. The molecule has 0 saturated heterocycles. The normalized spacial score (nSPS) is 17.6. The van der Waals surface area contributed by atoms with E-state index in [2.05, 4.69) is 39.9 Å². The summed E-state index contributed by atoms with van der Waals surface area (Å²) in [5, 5.41) is 82.8. The summed E-state index contributed by atoms with van der Waals surface area (Å²) in [4.78, 5) is 31.0. The van der Waals surface area contributed by atoms with Gasteiger partial charge in [0.2, 0.25) is 0 Å². The molecule has 0 aliphatic rings. The van der Waals surface area contributed by atoms with Gasteiger partial charge >= 0.3 is 0 Å². The van der Waals surface area contributed by atoms with Gasteiger partial charge in [-0.3, -0.25) is 0 Å². The molecule has 16 N–H and O–H groups in total. The van der Waals surface area contributed by atoms with E-state index in [1.54, 1.807) is 144 Å². The largest absolute Gasteiger partial charge is 0.507 e. The van der Waals surface area contributed by atoms with Crippen LogP contribution in [0.15, 0.2) is 195 Å². The number of likely N-dealkylation sites (N-methyl/N-ethyl adjacent to an activating group) is 8. The minimum absolute atomic E-state index is 0.0473. The fourth-order valence-electron chi connectivity index (χ4n) is 12.5. The van der Waals surface area contributed by atoms with Gasteiger partial charge in [-0.05, 0) is 305 Å². The molecular weight excluding hydrogens is 1510 g/mol. The van der Waals surface area contributed by atoms with Crippen molar-refractivity contribution in [2.24, 2.45) is 0 Å². The molecule has 0 unspecified atom stereocenters. The smallest absolute Gasteiger partial charge is 0.125 e. The fourth-order valence-corrected chi connectivity index (χ4v) is 12.5. The Morgan fingerprint density at radius 3 is 0.583 bits per heavy atom. The third kappa shape index (κ3) is 26.1. The van der Waals surface area contributed by atoms with Gasteiger partial charge in [-0.25, -0.2) is 0 Å². The van der Waals surface area contributed by atoms with Crippen molar-refractivity contribution in [2.45, 2.75) is 51.2 Å². The maximum Gasteiger partial charge on any atom is 0.125 e. The van der Waals surface area contributed by atoms with Gasteiger partial charge in [0.1, 0.15) is 46.0 Å². The van der Waals surface area contributed by atoms with Gasteiger partial charge < -0.3 is 120 Å². The molecule has 120 heavy (non-hydrogen) atoms. The molecule has 0 amide bonds. The van der Waals surface area contributed by atoms with Gasteiger partial charge in [-0.2, -0.15) is 0 Å². The molecule has 0 bridgehead atoms. The second-order valence-electron chi connectivity index (χ2n) is 27.9. The van der Waals surface area contributed by atoms with Crippen LogP contribution in [-0.2, 0) is 51.2 Å². The number of hydrogen-bond acceptors (Lipinski definition) is 16. The monoisotopic (exact) mass is 1670 g/mol. The van der Waals surface area contributed by atoms with Crippen molar-refractivity contribution >= 4 is 87.2 Å². The van der Waals surface area contributed by atoms with Crippen LogP contribution in [-0.4, -0.2) is 284 Å². The highest BCUT2D eigenvalue weighted by atomic mass is 16.3. The highest BCUT2D eigenvalue weighted by molar-refractivity contribution is 5.94. The number of aromatic amines is 8. The number of aromatic hydroxyl groups is 8.